The zero-order valence-electron chi connectivity index (χ0n) is 12.9. The SMILES string of the molecule is Cc1cc(Br)ccc1C(N)C1CCOC2(CCCCC2)C1. The Labute approximate surface area is 136 Å². The summed E-state index contributed by atoms with van der Waals surface area (Å²) in [5.74, 6) is 0.553. The zero-order valence-corrected chi connectivity index (χ0v) is 14.5. The highest BCUT2D eigenvalue weighted by Gasteiger charge is 2.40. The van der Waals surface area contributed by atoms with Gasteiger partial charge in [0.2, 0.25) is 0 Å². The lowest BCUT2D eigenvalue weighted by atomic mass is 9.73. The van der Waals surface area contributed by atoms with Crippen LogP contribution >= 0.6 is 15.9 Å². The van der Waals surface area contributed by atoms with Crippen molar-refractivity contribution in [1.82, 2.24) is 0 Å². The highest BCUT2D eigenvalue weighted by Crippen LogP contribution is 2.44. The summed E-state index contributed by atoms with van der Waals surface area (Å²) in [6, 6.07) is 6.61. The first-order chi connectivity index (χ1) is 10.1. The summed E-state index contributed by atoms with van der Waals surface area (Å²) in [6.45, 7) is 3.05. The molecule has 0 radical (unpaired) electrons. The molecule has 1 spiro atoms. The number of rotatable bonds is 2. The van der Waals surface area contributed by atoms with Crippen LogP contribution in [0.2, 0.25) is 0 Å². The van der Waals surface area contributed by atoms with E-state index in [4.69, 9.17) is 10.5 Å². The maximum Gasteiger partial charge on any atom is 0.0685 e. The highest BCUT2D eigenvalue weighted by atomic mass is 79.9. The molecule has 3 rings (SSSR count). The van der Waals surface area contributed by atoms with Crippen LogP contribution in [0.3, 0.4) is 0 Å². The second-order valence-electron chi connectivity index (χ2n) is 6.87. The van der Waals surface area contributed by atoms with Crippen LogP contribution in [0, 0.1) is 12.8 Å². The fourth-order valence-electron chi connectivity index (χ4n) is 4.18. The Morgan fingerprint density at radius 1 is 1.29 bits per heavy atom. The van der Waals surface area contributed by atoms with Crippen LogP contribution in [0.15, 0.2) is 22.7 Å². The maximum atomic E-state index is 6.64. The molecule has 1 saturated carbocycles. The van der Waals surface area contributed by atoms with E-state index in [-0.39, 0.29) is 11.6 Å². The molecule has 0 bridgehead atoms. The van der Waals surface area contributed by atoms with E-state index in [0.29, 0.717) is 5.92 Å². The van der Waals surface area contributed by atoms with Gasteiger partial charge < -0.3 is 10.5 Å². The molecule has 1 heterocycles. The van der Waals surface area contributed by atoms with Gasteiger partial charge in [-0.1, -0.05) is 41.3 Å². The van der Waals surface area contributed by atoms with Crippen molar-refractivity contribution >= 4 is 15.9 Å². The van der Waals surface area contributed by atoms with Crippen molar-refractivity contribution in [1.29, 1.82) is 0 Å². The zero-order chi connectivity index (χ0) is 14.9. The van der Waals surface area contributed by atoms with E-state index in [1.54, 1.807) is 0 Å². The summed E-state index contributed by atoms with van der Waals surface area (Å²) in [5, 5.41) is 0. The van der Waals surface area contributed by atoms with Gasteiger partial charge >= 0.3 is 0 Å². The average Bonchev–Trinajstić information content (AvgIpc) is 2.47. The third-order valence-electron chi connectivity index (χ3n) is 5.39. The molecule has 1 aromatic carbocycles. The van der Waals surface area contributed by atoms with Crippen LogP contribution < -0.4 is 5.73 Å². The Bertz CT molecular complexity index is 490. The number of hydrogen-bond acceptors (Lipinski definition) is 2. The van der Waals surface area contributed by atoms with Crippen LogP contribution in [0.25, 0.3) is 0 Å². The largest absolute Gasteiger partial charge is 0.375 e. The average molecular weight is 352 g/mol. The number of hydrogen-bond donors (Lipinski definition) is 1. The van der Waals surface area contributed by atoms with Crippen molar-refractivity contribution < 1.29 is 4.74 Å². The van der Waals surface area contributed by atoms with E-state index in [1.807, 2.05) is 0 Å². The van der Waals surface area contributed by atoms with Gasteiger partial charge in [0, 0.05) is 17.1 Å². The smallest absolute Gasteiger partial charge is 0.0685 e. The Morgan fingerprint density at radius 2 is 2.05 bits per heavy atom. The number of halogens is 1. The predicted molar refractivity (Wildman–Crippen MR) is 90.3 cm³/mol. The molecule has 2 nitrogen and oxygen atoms in total. The van der Waals surface area contributed by atoms with Crippen LogP contribution in [-0.2, 0) is 4.74 Å². The molecule has 2 atom stereocenters. The fourth-order valence-corrected chi connectivity index (χ4v) is 4.66. The van der Waals surface area contributed by atoms with Gasteiger partial charge in [-0.05, 0) is 61.8 Å². The van der Waals surface area contributed by atoms with Crippen molar-refractivity contribution in [3.05, 3.63) is 33.8 Å². The van der Waals surface area contributed by atoms with Crippen molar-refractivity contribution in [3.8, 4) is 0 Å². The van der Waals surface area contributed by atoms with E-state index < -0.39 is 0 Å². The van der Waals surface area contributed by atoms with Gasteiger partial charge in [-0.15, -0.1) is 0 Å². The number of nitrogens with two attached hydrogens (primary N) is 1. The lowest BCUT2D eigenvalue weighted by molar-refractivity contribution is -0.120. The van der Waals surface area contributed by atoms with Crippen molar-refractivity contribution in [2.24, 2.45) is 11.7 Å². The van der Waals surface area contributed by atoms with E-state index in [9.17, 15) is 0 Å². The minimum absolute atomic E-state index is 0.140. The number of aryl methyl sites for hydroxylation is 1. The molecule has 1 aliphatic carbocycles. The molecule has 3 heteroatoms. The first-order valence-corrected chi connectivity index (χ1v) is 9.05. The normalized spacial score (nSPS) is 26.7. The number of ether oxygens (including phenoxy) is 1. The summed E-state index contributed by atoms with van der Waals surface area (Å²) in [5.41, 5.74) is 9.38. The third-order valence-corrected chi connectivity index (χ3v) is 5.89. The molecule has 2 fully saturated rings. The van der Waals surface area contributed by atoms with Gasteiger partial charge in [-0.25, -0.2) is 0 Å². The quantitative estimate of drug-likeness (QED) is 0.823. The van der Waals surface area contributed by atoms with Crippen molar-refractivity contribution in [2.45, 2.75) is 63.5 Å². The molecule has 2 unspecified atom stereocenters. The van der Waals surface area contributed by atoms with Crippen LogP contribution in [0.1, 0.15) is 62.1 Å². The van der Waals surface area contributed by atoms with Gasteiger partial charge in [0.05, 0.1) is 5.60 Å². The molecule has 2 N–H and O–H groups in total. The second-order valence-corrected chi connectivity index (χ2v) is 7.79. The van der Waals surface area contributed by atoms with Crippen LogP contribution in [-0.4, -0.2) is 12.2 Å². The van der Waals surface area contributed by atoms with Crippen molar-refractivity contribution in [2.75, 3.05) is 6.61 Å². The molecule has 21 heavy (non-hydrogen) atoms. The van der Waals surface area contributed by atoms with E-state index in [1.165, 1.54) is 43.2 Å². The fraction of sp³-hybridized carbons (Fsp3) is 0.667. The molecule has 1 saturated heterocycles. The lowest BCUT2D eigenvalue weighted by Gasteiger charge is -2.45. The second kappa shape index (κ2) is 6.39. The Morgan fingerprint density at radius 3 is 2.76 bits per heavy atom. The van der Waals surface area contributed by atoms with Crippen LogP contribution in [0.5, 0.6) is 0 Å². The highest BCUT2D eigenvalue weighted by molar-refractivity contribution is 9.10. The van der Waals surface area contributed by atoms with E-state index >= 15 is 0 Å². The number of benzene rings is 1. The molecule has 2 aliphatic rings. The predicted octanol–water partition coefficient (Wildman–Crippen LogP) is 4.89. The topological polar surface area (TPSA) is 35.2 Å². The standard InChI is InChI=1S/C18H26BrNO/c1-13-11-15(19)5-6-16(13)17(20)14-7-10-21-18(12-14)8-3-2-4-9-18/h5-6,11,14,17H,2-4,7-10,12,20H2,1H3. The Hall–Kier alpha value is -0.380. The van der Waals surface area contributed by atoms with E-state index in [0.717, 1.165) is 23.9 Å². The molecule has 0 aromatic heterocycles. The molecular weight excluding hydrogens is 326 g/mol. The third kappa shape index (κ3) is 3.35. The van der Waals surface area contributed by atoms with Gasteiger partial charge in [0.1, 0.15) is 0 Å². The van der Waals surface area contributed by atoms with Gasteiger partial charge in [-0.3, -0.25) is 0 Å². The van der Waals surface area contributed by atoms with Gasteiger partial charge in [0.25, 0.3) is 0 Å². The Kier molecular flexibility index (Phi) is 4.72. The van der Waals surface area contributed by atoms with Crippen LogP contribution in [0.4, 0.5) is 0 Å². The molecular formula is C18H26BrNO. The summed E-state index contributed by atoms with van der Waals surface area (Å²) in [7, 11) is 0. The summed E-state index contributed by atoms with van der Waals surface area (Å²) in [4.78, 5) is 0. The summed E-state index contributed by atoms with van der Waals surface area (Å²) >= 11 is 3.54. The lowest BCUT2D eigenvalue weighted by Crippen LogP contribution is -2.44. The summed E-state index contributed by atoms with van der Waals surface area (Å²) in [6.07, 6.45) is 8.71. The minimum atomic E-state index is 0.140. The Balaban J connectivity index is 1.76. The molecule has 1 aromatic rings. The molecule has 0 amide bonds. The monoisotopic (exact) mass is 351 g/mol. The first-order valence-electron chi connectivity index (χ1n) is 8.25. The van der Waals surface area contributed by atoms with E-state index in [2.05, 4.69) is 41.1 Å². The minimum Gasteiger partial charge on any atom is -0.375 e. The van der Waals surface area contributed by atoms with Crippen molar-refractivity contribution in [3.63, 3.8) is 0 Å². The molecule has 116 valence electrons. The maximum absolute atomic E-state index is 6.64. The first kappa shape index (κ1) is 15.5. The van der Waals surface area contributed by atoms with Gasteiger partial charge in [-0.2, -0.15) is 0 Å². The van der Waals surface area contributed by atoms with Gasteiger partial charge in [0.15, 0.2) is 0 Å². The summed E-state index contributed by atoms with van der Waals surface area (Å²) < 4.78 is 7.34. The molecule has 1 aliphatic heterocycles.